The minimum Gasteiger partial charge on any atom is -0.289 e. The van der Waals surface area contributed by atoms with Gasteiger partial charge in [-0.05, 0) is 37.6 Å². The average Bonchev–Trinajstić information content (AvgIpc) is 2.45. The van der Waals surface area contributed by atoms with Crippen LogP contribution >= 0.6 is 0 Å². The molecule has 2 aromatic carbocycles. The summed E-state index contributed by atoms with van der Waals surface area (Å²) in [5.74, 6) is -0.161. The average molecular weight is 281 g/mol. The van der Waals surface area contributed by atoms with E-state index in [9.17, 15) is 14.9 Å². The number of hydrogen-bond donors (Lipinski definition) is 0. The van der Waals surface area contributed by atoms with Crippen molar-refractivity contribution in [3.05, 3.63) is 80.9 Å². The van der Waals surface area contributed by atoms with Crippen LogP contribution in [0, 0.1) is 24.0 Å². The van der Waals surface area contributed by atoms with Crippen LogP contribution in [0.3, 0.4) is 0 Å². The molecule has 0 heterocycles. The third kappa shape index (κ3) is 3.42. The van der Waals surface area contributed by atoms with E-state index < -0.39 is 4.92 Å². The molecule has 2 rings (SSSR count). The lowest BCUT2D eigenvalue weighted by Crippen LogP contribution is -1.98. The fraction of sp³-hybridized carbons (Fsp3) is 0.118. The summed E-state index contributed by atoms with van der Waals surface area (Å²) in [6.45, 7) is 3.84. The number of allylic oxidation sites excluding steroid dienone is 1. The van der Waals surface area contributed by atoms with Crippen molar-refractivity contribution in [2.45, 2.75) is 13.8 Å². The van der Waals surface area contributed by atoms with E-state index in [4.69, 9.17) is 0 Å². The number of nitro groups is 1. The predicted molar refractivity (Wildman–Crippen MR) is 82.4 cm³/mol. The van der Waals surface area contributed by atoms with Gasteiger partial charge in [0.1, 0.15) is 0 Å². The van der Waals surface area contributed by atoms with E-state index in [-0.39, 0.29) is 11.5 Å². The maximum Gasteiger partial charge on any atom is 0.276 e. The van der Waals surface area contributed by atoms with Crippen molar-refractivity contribution in [3.8, 4) is 0 Å². The Kier molecular flexibility index (Phi) is 4.28. The minimum absolute atomic E-state index is 0.0119. The zero-order valence-corrected chi connectivity index (χ0v) is 11.9. The molecule has 0 amide bonds. The van der Waals surface area contributed by atoms with E-state index in [1.165, 1.54) is 18.2 Å². The van der Waals surface area contributed by atoms with E-state index in [0.717, 1.165) is 11.1 Å². The van der Waals surface area contributed by atoms with Gasteiger partial charge >= 0.3 is 0 Å². The maximum absolute atomic E-state index is 12.2. The predicted octanol–water partition coefficient (Wildman–Crippen LogP) is 4.11. The Labute approximate surface area is 122 Å². The standard InChI is InChI=1S/C17H15NO3/c1-12-7-9-15(13(2)11-12)17(19)10-8-14-5-3-4-6-16(14)18(20)21/h3-11H,1-2H3/b10-8+. The van der Waals surface area contributed by atoms with Crippen LogP contribution < -0.4 is 0 Å². The fourth-order valence-electron chi connectivity index (χ4n) is 2.14. The normalized spacial score (nSPS) is 10.8. The fourth-order valence-corrected chi connectivity index (χ4v) is 2.14. The molecule has 0 spiro atoms. The number of ketones is 1. The van der Waals surface area contributed by atoms with E-state index in [0.29, 0.717) is 11.1 Å². The molecule has 0 aliphatic heterocycles. The van der Waals surface area contributed by atoms with Crippen molar-refractivity contribution in [2.75, 3.05) is 0 Å². The Bertz CT molecular complexity index is 733. The van der Waals surface area contributed by atoms with E-state index in [1.807, 2.05) is 26.0 Å². The van der Waals surface area contributed by atoms with Crippen molar-refractivity contribution < 1.29 is 9.72 Å². The summed E-state index contributed by atoms with van der Waals surface area (Å²) in [6, 6.07) is 11.9. The molecule has 4 nitrogen and oxygen atoms in total. The summed E-state index contributed by atoms with van der Waals surface area (Å²) in [7, 11) is 0. The van der Waals surface area contributed by atoms with Crippen LogP contribution in [-0.4, -0.2) is 10.7 Å². The van der Waals surface area contributed by atoms with Crippen molar-refractivity contribution in [1.82, 2.24) is 0 Å². The highest BCUT2D eigenvalue weighted by Gasteiger charge is 2.11. The first kappa shape index (κ1) is 14.7. The zero-order chi connectivity index (χ0) is 15.4. The van der Waals surface area contributed by atoms with Gasteiger partial charge in [0.15, 0.2) is 5.78 Å². The molecular weight excluding hydrogens is 266 g/mol. The Hall–Kier alpha value is -2.75. The Balaban J connectivity index is 2.29. The van der Waals surface area contributed by atoms with Crippen molar-refractivity contribution >= 4 is 17.5 Å². The van der Waals surface area contributed by atoms with Crippen molar-refractivity contribution in [3.63, 3.8) is 0 Å². The Morgan fingerprint density at radius 3 is 2.52 bits per heavy atom. The summed E-state index contributed by atoms with van der Waals surface area (Å²) >= 11 is 0. The molecule has 0 atom stereocenters. The van der Waals surface area contributed by atoms with Gasteiger partial charge in [-0.15, -0.1) is 0 Å². The maximum atomic E-state index is 12.2. The molecule has 0 aliphatic carbocycles. The first-order valence-corrected chi connectivity index (χ1v) is 6.52. The number of para-hydroxylation sites is 1. The summed E-state index contributed by atoms with van der Waals surface area (Å²) < 4.78 is 0. The first-order chi connectivity index (χ1) is 9.99. The second kappa shape index (κ2) is 6.13. The number of hydrogen-bond acceptors (Lipinski definition) is 3. The smallest absolute Gasteiger partial charge is 0.276 e. The minimum atomic E-state index is -0.457. The Morgan fingerprint density at radius 2 is 1.86 bits per heavy atom. The first-order valence-electron chi connectivity index (χ1n) is 6.52. The second-order valence-corrected chi connectivity index (χ2v) is 4.83. The highest BCUT2D eigenvalue weighted by Crippen LogP contribution is 2.20. The molecule has 106 valence electrons. The van der Waals surface area contributed by atoms with Gasteiger partial charge in [0.2, 0.25) is 0 Å². The number of aryl methyl sites for hydroxylation is 2. The van der Waals surface area contributed by atoms with Crippen LogP contribution in [0.15, 0.2) is 48.5 Å². The molecule has 0 saturated heterocycles. The van der Waals surface area contributed by atoms with Gasteiger partial charge in [0.25, 0.3) is 5.69 Å². The molecule has 0 aromatic heterocycles. The summed E-state index contributed by atoms with van der Waals surface area (Å²) in [5, 5.41) is 10.9. The van der Waals surface area contributed by atoms with Gasteiger partial charge in [-0.1, -0.05) is 35.9 Å². The van der Waals surface area contributed by atoms with Gasteiger partial charge in [-0.25, -0.2) is 0 Å². The summed E-state index contributed by atoms with van der Waals surface area (Å²) in [5.41, 5.74) is 3.00. The molecule has 21 heavy (non-hydrogen) atoms. The largest absolute Gasteiger partial charge is 0.289 e. The lowest BCUT2D eigenvalue weighted by molar-refractivity contribution is -0.385. The van der Waals surface area contributed by atoms with Crippen LogP contribution in [0.5, 0.6) is 0 Å². The molecule has 0 N–H and O–H groups in total. The lowest BCUT2D eigenvalue weighted by Gasteiger charge is -2.03. The quantitative estimate of drug-likeness (QED) is 0.367. The van der Waals surface area contributed by atoms with Gasteiger partial charge in [0.05, 0.1) is 10.5 Å². The number of benzene rings is 2. The van der Waals surface area contributed by atoms with Crippen molar-refractivity contribution in [2.24, 2.45) is 0 Å². The highest BCUT2D eigenvalue weighted by molar-refractivity contribution is 6.08. The molecule has 2 aromatic rings. The highest BCUT2D eigenvalue weighted by atomic mass is 16.6. The number of rotatable bonds is 4. The van der Waals surface area contributed by atoms with Crippen LogP contribution in [0.25, 0.3) is 6.08 Å². The van der Waals surface area contributed by atoms with Gasteiger partial charge < -0.3 is 0 Å². The number of carbonyl (C=O) groups excluding carboxylic acids is 1. The molecule has 0 unspecified atom stereocenters. The SMILES string of the molecule is Cc1ccc(C(=O)/C=C/c2ccccc2[N+](=O)[O-])c(C)c1. The summed E-state index contributed by atoms with van der Waals surface area (Å²) in [4.78, 5) is 22.6. The summed E-state index contributed by atoms with van der Waals surface area (Å²) in [6.07, 6.45) is 2.86. The van der Waals surface area contributed by atoms with Gasteiger partial charge in [0, 0.05) is 11.6 Å². The second-order valence-electron chi connectivity index (χ2n) is 4.83. The van der Waals surface area contributed by atoms with E-state index >= 15 is 0 Å². The molecular formula is C17H15NO3. The Morgan fingerprint density at radius 1 is 1.14 bits per heavy atom. The molecule has 0 fully saturated rings. The number of nitrogens with zero attached hydrogens (tertiary/aromatic N) is 1. The third-order valence-electron chi connectivity index (χ3n) is 3.20. The molecule has 0 bridgehead atoms. The van der Waals surface area contributed by atoms with Crippen LogP contribution in [-0.2, 0) is 0 Å². The van der Waals surface area contributed by atoms with E-state index in [1.54, 1.807) is 24.3 Å². The topological polar surface area (TPSA) is 60.2 Å². The molecule has 0 saturated carbocycles. The molecule has 4 heteroatoms. The zero-order valence-electron chi connectivity index (χ0n) is 11.9. The van der Waals surface area contributed by atoms with Crippen molar-refractivity contribution in [1.29, 1.82) is 0 Å². The van der Waals surface area contributed by atoms with Gasteiger partial charge in [-0.3, -0.25) is 14.9 Å². The van der Waals surface area contributed by atoms with Crippen LogP contribution in [0.4, 0.5) is 5.69 Å². The van der Waals surface area contributed by atoms with E-state index in [2.05, 4.69) is 0 Å². The van der Waals surface area contributed by atoms with Gasteiger partial charge in [-0.2, -0.15) is 0 Å². The lowest BCUT2D eigenvalue weighted by atomic mass is 10.0. The molecule has 0 aliphatic rings. The van der Waals surface area contributed by atoms with Crippen LogP contribution in [0.2, 0.25) is 0 Å². The monoisotopic (exact) mass is 281 g/mol. The number of nitro benzene ring substituents is 1. The van der Waals surface area contributed by atoms with Crippen LogP contribution in [0.1, 0.15) is 27.0 Å². The third-order valence-corrected chi connectivity index (χ3v) is 3.20. The molecule has 0 radical (unpaired) electrons. The number of carbonyl (C=O) groups is 1.